The molecule has 114 valence electrons. The SMILES string of the molecule is NCc1cnn(CCCOc2ccccc2)c1C(F)(F)F. The Hall–Kier alpha value is -2.02. The lowest BCUT2D eigenvalue weighted by atomic mass is 10.2. The lowest BCUT2D eigenvalue weighted by Crippen LogP contribution is -2.18. The Labute approximate surface area is 120 Å². The van der Waals surface area contributed by atoms with E-state index < -0.39 is 11.9 Å². The molecule has 1 heterocycles. The molecule has 0 aliphatic carbocycles. The fourth-order valence-corrected chi connectivity index (χ4v) is 1.99. The number of nitrogens with zero attached hydrogens (tertiary/aromatic N) is 2. The van der Waals surface area contributed by atoms with Gasteiger partial charge < -0.3 is 10.5 Å². The molecule has 0 unspecified atom stereocenters. The third-order valence-electron chi connectivity index (χ3n) is 2.93. The molecule has 2 N–H and O–H groups in total. The summed E-state index contributed by atoms with van der Waals surface area (Å²) in [4.78, 5) is 0. The van der Waals surface area contributed by atoms with Gasteiger partial charge in [-0.3, -0.25) is 4.68 Å². The minimum absolute atomic E-state index is 0.00600. The zero-order chi connectivity index (χ0) is 15.3. The maximum atomic E-state index is 13.0. The number of rotatable bonds is 6. The molecule has 0 amide bonds. The number of aryl methyl sites for hydroxylation is 1. The molecule has 0 aliphatic rings. The van der Waals surface area contributed by atoms with E-state index in [1.54, 1.807) is 12.1 Å². The van der Waals surface area contributed by atoms with E-state index in [0.717, 1.165) is 4.68 Å². The smallest absolute Gasteiger partial charge is 0.433 e. The molecule has 0 saturated carbocycles. The summed E-state index contributed by atoms with van der Waals surface area (Å²) < 4.78 is 45.2. The van der Waals surface area contributed by atoms with Crippen LogP contribution in [0.2, 0.25) is 0 Å². The van der Waals surface area contributed by atoms with Crippen LogP contribution in [-0.4, -0.2) is 16.4 Å². The van der Waals surface area contributed by atoms with Gasteiger partial charge in [-0.15, -0.1) is 0 Å². The van der Waals surface area contributed by atoms with Gasteiger partial charge in [0, 0.05) is 25.1 Å². The number of alkyl halides is 3. The molecule has 0 atom stereocenters. The van der Waals surface area contributed by atoms with Gasteiger partial charge in [-0.05, 0) is 12.1 Å². The zero-order valence-electron chi connectivity index (χ0n) is 11.3. The summed E-state index contributed by atoms with van der Waals surface area (Å²) in [6.45, 7) is 0.260. The fraction of sp³-hybridized carbons (Fsp3) is 0.357. The molecule has 4 nitrogen and oxygen atoms in total. The van der Waals surface area contributed by atoms with Crippen molar-refractivity contribution in [2.75, 3.05) is 6.61 Å². The van der Waals surface area contributed by atoms with Crippen molar-refractivity contribution in [3.63, 3.8) is 0 Å². The van der Waals surface area contributed by atoms with E-state index >= 15 is 0 Å². The molecule has 0 radical (unpaired) electrons. The summed E-state index contributed by atoms with van der Waals surface area (Å²) in [7, 11) is 0. The maximum absolute atomic E-state index is 13.0. The van der Waals surface area contributed by atoms with Crippen LogP contribution < -0.4 is 10.5 Å². The van der Waals surface area contributed by atoms with Gasteiger partial charge in [0.1, 0.15) is 11.4 Å². The minimum Gasteiger partial charge on any atom is -0.494 e. The van der Waals surface area contributed by atoms with Crippen LogP contribution in [0.25, 0.3) is 0 Å². The summed E-state index contributed by atoms with van der Waals surface area (Å²) in [5.41, 5.74) is 4.55. The van der Waals surface area contributed by atoms with Gasteiger partial charge in [0.05, 0.1) is 12.8 Å². The number of para-hydroxylation sites is 1. The second-order valence-corrected chi connectivity index (χ2v) is 4.46. The molecule has 0 aliphatic heterocycles. The Balaban J connectivity index is 1.93. The summed E-state index contributed by atoms with van der Waals surface area (Å²) >= 11 is 0. The molecular formula is C14H16F3N3O. The fourth-order valence-electron chi connectivity index (χ4n) is 1.99. The zero-order valence-corrected chi connectivity index (χ0v) is 11.3. The first-order chi connectivity index (χ1) is 10.0. The monoisotopic (exact) mass is 299 g/mol. The molecule has 0 bridgehead atoms. The number of hydrogen-bond acceptors (Lipinski definition) is 3. The Morgan fingerprint density at radius 2 is 1.90 bits per heavy atom. The Morgan fingerprint density at radius 1 is 1.19 bits per heavy atom. The summed E-state index contributed by atoms with van der Waals surface area (Å²) in [6.07, 6.45) is -2.87. The minimum atomic E-state index is -4.45. The van der Waals surface area contributed by atoms with Crippen LogP contribution in [0.5, 0.6) is 5.75 Å². The second-order valence-electron chi connectivity index (χ2n) is 4.46. The van der Waals surface area contributed by atoms with Gasteiger partial charge in [-0.1, -0.05) is 18.2 Å². The number of aromatic nitrogens is 2. The highest BCUT2D eigenvalue weighted by molar-refractivity contribution is 5.21. The first kappa shape index (κ1) is 15.4. The molecule has 2 rings (SSSR count). The molecule has 7 heteroatoms. The summed E-state index contributed by atoms with van der Waals surface area (Å²) in [6, 6.07) is 9.11. The van der Waals surface area contributed by atoms with Crippen molar-refractivity contribution in [3.8, 4) is 5.75 Å². The van der Waals surface area contributed by atoms with E-state index in [2.05, 4.69) is 5.10 Å². The van der Waals surface area contributed by atoms with Crippen LogP contribution in [-0.2, 0) is 19.3 Å². The number of nitrogens with two attached hydrogens (primary N) is 1. The normalized spacial score (nSPS) is 11.6. The highest BCUT2D eigenvalue weighted by atomic mass is 19.4. The summed E-state index contributed by atoms with van der Waals surface area (Å²) in [5, 5.41) is 3.76. The predicted octanol–water partition coefficient (Wildman–Crippen LogP) is 2.83. The average Bonchev–Trinajstić information content (AvgIpc) is 2.88. The molecule has 21 heavy (non-hydrogen) atoms. The lowest BCUT2D eigenvalue weighted by Gasteiger charge is -2.12. The first-order valence-electron chi connectivity index (χ1n) is 6.52. The largest absolute Gasteiger partial charge is 0.494 e. The number of hydrogen-bond donors (Lipinski definition) is 1. The van der Waals surface area contributed by atoms with Crippen molar-refractivity contribution in [1.82, 2.24) is 9.78 Å². The van der Waals surface area contributed by atoms with Crippen molar-refractivity contribution >= 4 is 0 Å². The Kier molecular flexibility index (Phi) is 4.85. The number of ether oxygens (including phenoxy) is 1. The second kappa shape index (κ2) is 6.62. The van der Waals surface area contributed by atoms with Crippen LogP contribution in [0, 0.1) is 0 Å². The van der Waals surface area contributed by atoms with Gasteiger partial charge in [0.15, 0.2) is 0 Å². The van der Waals surface area contributed by atoms with Crippen LogP contribution in [0.4, 0.5) is 13.2 Å². The third kappa shape index (κ3) is 3.98. The van der Waals surface area contributed by atoms with Crippen molar-refractivity contribution < 1.29 is 17.9 Å². The van der Waals surface area contributed by atoms with Crippen LogP contribution in [0.3, 0.4) is 0 Å². The average molecular weight is 299 g/mol. The molecule has 0 saturated heterocycles. The third-order valence-corrected chi connectivity index (χ3v) is 2.93. The topological polar surface area (TPSA) is 53.1 Å². The highest BCUT2D eigenvalue weighted by Crippen LogP contribution is 2.31. The Bertz CT molecular complexity index is 567. The van der Waals surface area contributed by atoms with E-state index in [0.29, 0.717) is 18.8 Å². The van der Waals surface area contributed by atoms with Crippen molar-refractivity contribution in [2.45, 2.75) is 25.7 Å². The number of halogens is 3. The van der Waals surface area contributed by atoms with Gasteiger partial charge in [-0.25, -0.2) is 0 Å². The van der Waals surface area contributed by atoms with Gasteiger partial charge in [0.2, 0.25) is 0 Å². The van der Waals surface area contributed by atoms with Gasteiger partial charge in [-0.2, -0.15) is 18.3 Å². The first-order valence-corrected chi connectivity index (χ1v) is 6.52. The van der Waals surface area contributed by atoms with Crippen LogP contribution >= 0.6 is 0 Å². The van der Waals surface area contributed by atoms with Crippen LogP contribution in [0.15, 0.2) is 36.5 Å². The summed E-state index contributed by atoms with van der Waals surface area (Å²) in [5.74, 6) is 0.691. The van der Waals surface area contributed by atoms with Crippen molar-refractivity contribution in [1.29, 1.82) is 0 Å². The van der Waals surface area contributed by atoms with Gasteiger partial charge >= 0.3 is 6.18 Å². The molecule has 0 spiro atoms. The standard InChI is InChI=1S/C14H16F3N3O/c15-14(16,17)13-11(9-18)10-19-20(13)7-4-8-21-12-5-2-1-3-6-12/h1-3,5-6,10H,4,7-9,18H2. The quantitative estimate of drug-likeness (QED) is 0.835. The molecule has 1 aromatic heterocycles. The molecular weight excluding hydrogens is 283 g/mol. The highest BCUT2D eigenvalue weighted by Gasteiger charge is 2.37. The predicted molar refractivity (Wildman–Crippen MR) is 71.7 cm³/mol. The van der Waals surface area contributed by atoms with E-state index in [1.807, 2.05) is 18.2 Å². The Morgan fingerprint density at radius 3 is 2.52 bits per heavy atom. The van der Waals surface area contributed by atoms with E-state index in [4.69, 9.17) is 10.5 Å². The number of benzene rings is 1. The van der Waals surface area contributed by atoms with Crippen LogP contribution in [0.1, 0.15) is 17.7 Å². The van der Waals surface area contributed by atoms with Crippen molar-refractivity contribution in [2.24, 2.45) is 5.73 Å². The van der Waals surface area contributed by atoms with E-state index in [-0.39, 0.29) is 18.7 Å². The molecule has 1 aromatic carbocycles. The van der Waals surface area contributed by atoms with Gasteiger partial charge in [0.25, 0.3) is 0 Å². The molecule has 2 aromatic rings. The van der Waals surface area contributed by atoms with E-state index in [9.17, 15) is 13.2 Å². The lowest BCUT2D eigenvalue weighted by molar-refractivity contribution is -0.144. The molecule has 0 fully saturated rings. The van der Waals surface area contributed by atoms with Crippen molar-refractivity contribution in [3.05, 3.63) is 47.8 Å². The maximum Gasteiger partial charge on any atom is 0.433 e. The van der Waals surface area contributed by atoms with E-state index in [1.165, 1.54) is 6.20 Å².